The van der Waals surface area contributed by atoms with Gasteiger partial charge in [0.05, 0.1) is 18.8 Å². The number of aliphatic hydroxyl groups excluding tert-OH is 4. The van der Waals surface area contributed by atoms with Gasteiger partial charge in [-0.3, -0.25) is 4.79 Å². The number of carbonyl (C=O) groups excluding carboxylic acids is 1. The van der Waals surface area contributed by atoms with Crippen LogP contribution in [0.25, 0.3) is 0 Å². The van der Waals surface area contributed by atoms with Crippen LogP contribution in [0.15, 0.2) is 12.2 Å². The molecule has 6 heteroatoms. The van der Waals surface area contributed by atoms with Crippen LogP contribution in [0.4, 0.5) is 0 Å². The summed E-state index contributed by atoms with van der Waals surface area (Å²) in [7, 11) is 0. The molecule has 4 unspecified atom stereocenters. The number of hydrogen-bond donors (Lipinski definition) is 5. The van der Waals surface area contributed by atoms with Gasteiger partial charge in [0.25, 0.3) is 0 Å². The zero-order valence-corrected chi connectivity index (χ0v) is 32.0. The lowest BCUT2D eigenvalue weighted by molar-refractivity contribution is -0.132. The van der Waals surface area contributed by atoms with Gasteiger partial charge in [0, 0.05) is 0 Å². The largest absolute Gasteiger partial charge is 0.394 e. The fraction of sp³-hybridized carbons (Fsp3) is 0.929. The van der Waals surface area contributed by atoms with Crippen molar-refractivity contribution in [3.63, 3.8) is 0 Å². The van der Waals surface area contributed by atoms with Gasteiger partial charge in [-0.25, -0.2) is 0 Å². The van der Waals surface area contributed by atoms with E-state index in [1.165, 1.54) is 148 Å². The third kappa shape index (κ3) is 31.1. The summed E-state index contributed by atoms with van der Waals surface area (Å²) >= 11 is 0. The molecule has 0 fully saturated rings. The maximum Gasteiger partial charge on any atom is 0.249 e. The molecule has 0 saturated carbocycles. The first-order chi connectivity index (χ1) is 23.5. The van der Waals surface area contributed by atoms with Crippen LogP contribution in [-0.2, 0) is 4.79 Å². The molecule has 0 bridgehead atoms. The van der Waals surface area contributed by atoms with Gasteiger partial charge in [-0.2, -0.15) is 0 Å². The average Bonchev–Trinajstić information content (AvgIpc) is 3.09. The van der Waals surface area contributed by atoms with Gasteiger partial charge in [-0.15, -0.1) is 0 Å². The third-order valence-electron chi connectivity index (χ3n) is 9.98. The summed E-state index contributed by atoms with van der Waals surface area (Å²) < 4.78 is 0. The Kier molecular flexibility index (Phi) is 36.6. The Morgan fingerprint density at radius 3 is 1.21 bits per heavy atom. The molecular formula is C42H83NO5. The molecule has 0 aliphatic heterocycles. The van der Waals surface area contributed by atoms with E-state index in [2.05, 4.69) is 31.3 Å². The summed E-state index contributed by atoms with van der Waals surface area (Å²) in [6.07, 6.45) is 39.4. The molecule has 0 radical (unpaired) electrons. The third-order valence-corrected chi connectivity index (χ3v) is 9.98. The lowest BCUT2D eigenvalue weighted by atomic mass is 9.99. The Hall–Kier alpha value is -0.950. The van der Waals surface area contributed by atoms with Gasteiger partial charge in [-0.05, 0) is 38.5 Å². The first kappa shape index (κ1) is 47.0. The maximum absolute atomic E-state index is 12.5. The second-order valence-electron chi connectivity index (χ2n) is 14.7. The number of rotatable bonds is 38. The highest BCUT2D eigenvalue weighted by atomic mass is 16.3. The van der Waals surface area contributed by atoms with Crippen molar-refractivity contribution in [1.29, 1.82) is 0 Å². The highest BCUT2D eigenvalue weighted by Crippen LogP contribution is 2.16. The maximum atomic E-state index is 12.5. The predicted molar refractivity (Wildman–Crippen MR) is 205 cm³/mol. The average molecular weight is 682 g/mol. The number of nitrogens with one attached hydrogen (secondary N) is 1. The monoisotopic (exact) mass is 682 g/mol. The van der Waals surface area contributed by atoms with Gasteiger partial charge in [0.15, 0.2) is 0 Å². The first-order valence-corrected chi connectivity index (χ1v) is 21.1. The van der Waals surface area contributed by atoms with E-state index in [9.17, 15) is 25.2 Å². The quantitative estimate of drug-likeness (QED) is 0.0329. The molecule has 6 nitrogen and oxygen atoms in total. The van der Waals surface area contributed by atoms with Crippen LogP contribution in [0, 0.1) is 0 Å². The van der Waals surface area contributed by atoms with Gasteiger partial charge in [-0.1, -0.05) is 193 Å². The Balaban J connectivity index is 3.76. The van der Waals surface area contributed by atoms with Crippen LogP contribution in [-0.4, -0.2) is 57.3 Å². The molecule has 0 aliphatic carbocycles. The highest BCUT2D eigenvalue weighted by molar-refractivity contribution is 5.80. The molecule has 0 spiro atoms. The normalized spacial score (nSPS) is 14.4. The summed E-state index contributed by atoms with van der Waals surface area (Å²) in [4.78, 5) is 12.5. The minimum absolute atomic E-state index is 0.364. The number of aliphatic hydroxyl groups is 4. The van der Waals surface area contributed by atoms with Crippen LogP contribution in [0.3, 0.4) is 0 Å². The summed E-state index contributed by atoms with van der Waals surface area (Å²) in [6, 6.07) is -0.983. The zero-order valence-electron chi connectivity index (χ0n) is 32.0. The Labute approximate surface area is 298 Å². The summed E-state index contributed by atoms with van der Waals surface area (Å²) in [6.45, 7) is 4.04. The molecule has 286 valence electrons. The first-order valence-electron chi connectivity index (χ1n) is 21.1. The molecule has 0 aromatic heterocycles. The van der Waals surface area contributed by atoms with E-state index in [4.69, 9.17) is 0 Å². The van der Waals surface area contributed by atoms with Crippen LogP contribution in [0.5, 0.6) is 0 Å². The van der Waals surface area contributed by atoms with Gasteiger partial charge in [0.2, 0.25) is 5.91 Å². The van der Waals surface area contributed by atoms with Crippen LogP contribution >= 0.6 is 0 Å². The molecule has 0 rings (SSSR count). The van der Waals surface area contributed by atoms with E-state index < -0.39 is 36.9 Å². The van der Waals surface area contributed by atoms with Crippen molar-refractivity contribution in [3.8, 4) is 0 Å². The van der Waals surface area contributed by atoms with Gasteiger partial charge >= 0.3 is 0 Å². The van der Waals surface area contributed by atoms with Crippen LogP contribution in [0.2, 0.25) is 0 Å². The highest BCUT2D eigenvalue weighted by Gasteiger charge is 2.28. The van der Waals surface area contributed by atoms with Crippen molar-refractivity contribution >= 4 is 5.91 Å². The number of allylic oxidation sites excluding steroid dienone is 2. The van der Waals surface area contributed by atoms with Crippen molar-refractivity contribution in [2.75, 3.05) is 6.61 Å². The van der Waals surface area contributed by atoms with Crippen molar-refractivity contribution in [3.05, 3.63) is 12.2 Å². The van der Waals surface area contributed by atoms with Crippen molar-refractivity contribution in [2.45, 2.75) is 244 Å². The van der Waals surface area contributed by atoms with Crippen LogP contribution < -0.4 is 5.32 Å². The molecule has 0 aromatic carbocycles. The summed E-state index contributed by atoms with van der Waals surface area (Å²) in [5.74, 6) is -0.588. The lowest BCUT2D eigenvalue weighted by Crippen LogP contribution is -2.53. The second-order valence-corrected chi connectivity index (χ2v) is 14.7. The fourth-order valence-electron chi connectivity index (χ4n) is 6.57. The molecule has 0 heterocycles. The fourth-order valence-corrected chi connectivity index (χ4v) is 6.57. The second kappa shape index (κ2) is 37.3. The molecule has 5 N–H and O–H groups in total. The Morgan fingerprint density at radius 2 is 0.833 bits per heavy atom. The number of amides is 1. The van der Waals surface area contributed by atoms with Crippen molar-refractivity contribution in [2.24, 2.45) is 0 Å². The van der Waals surface area contributed by atoms with E-state index in [1.807, 2.05) is 0 Å². The van der Waals surface area contributed by atoms with Crippen molar-refractivity contribution < 1.29 is 25.2 Å². The lowest BCUT2D eigenvalue weighted by Gasteiger charge is -2.27. The number of carbonyl (C=O) groups is 1. The Morgan fingerprint density at radius 1 is 0.500 bits per heavy atom. The van der Waals surface area contributed by atoms with E-state index in [1.54, 1.807) is 0 Å². The minimum atomic E-state index is -1.26. The zero-order chi connectivity index (χ0) is 35.3. The number of hydrogen-bond acceptors (Lipinski definition) is 5. The van der Waals surface area contributed by atoms with Gasteiger partial charge < -0.3 is 25.7 Å². The van der Waals surface area contributed by atoms with Crippen LogP contribution in [0.1, 0.15) is 219 Å². The standard InChI is InChI=1S/C42H83NO5/c1-3-5-7-9-11-13-15-17-19-21-23-25-27-29-31-33-35-39(45)41(47)38(37-44)43-42(48)40(46)36-34-32-30-28-26-24-22-20-18-16-14-12-10-8-6-4-2/h18,20,38-41,44-47H,3-17,19,21-37H2,1-2H3,(H,43,48)/b20-18-. The molecule has 48 heavy (non-hydrogen) atoms. The minimum Gasteiger partial charge on any atom is -0.394 e. The Bertz CT molecular complexity index is 687. The molecule has 4 atom stereocenters. The molecule has 1 amide bonds. The summed E-state index contributed by atoms with van der Waals surface area (Å²) in [5.41, 5.74) is 0. The van der Waals surface area contributed by atoms with E-state index in [-0.39, 0.29) is 0 Å². The number of unbranched alkanes of at least 4 members (excludes halogenated alkanes) is 27. The van der Waals surface area contributed by atoms with Gasteiger partial charge in [0.1, 0.15) is 12.2 Å². The molecular weight excluding hydrogens is 598 g/mol. The summed E-state index contributed by atoms with van der Waals surface area (Å²) in [5, 5.41) is 43.6. The van der Waals surface area contributed by atoms with Crippen molar-refractivity contribution in [1.82, 2.24) is 5.32 Å². The molecule has 0 saturated heterocycles. The predicted octanol–water partition coefficient (Wildman–Crippen LogP) is 10.6. The van der Waals surface area contributed by atoms with E-state index >= 15 is 0 Å². The topological polar surface area (TPSA) is 110 Å². The van der Waals surface area contributed by atoms with E-state index in [0.717, 1.165) is 44.9 Å². The SMILES string of the molecule is CCCCCCCC/C=C\CCCCCCCCC(O)C(=O)NC(CO)C(O)C(O)CCCCCCCCCCCCCCCCCC. The molecule has 0 aliphatic rings. The van der Waals surface area contributed by atoms with E-state index in [0.29, 0.717) is 12.8 Å². The molecule has 0 aromatic rings. The smallest absolute Gasteiger partial charge is 0.249 e.